The molecule has 2 rings (SSSR count). The fourth-order valence-corrected chi connectivity index (χ4v) is 2.66. The van der Waals surface area contributed by atoms with Crippen LogP contribution in [0, 0.1) is 6.92 Å². The zero-order chi connectivity index (χ0) is 13.2. The Morgan fingerprint density at radius 1 is 1.56 bits per heavy atom. The van der Waals surface area contributed by atoms with E-state index in [4.69, 9.17) is 9.52 Å². The molecule has 0 saturated heterocycles. The van der Waals surface area contributed by atoms with Crippen LogP contribution in [0.3, 0.4) is 0 Å². The van der Waals surface area contributed by atoms with Crippen LogP contribution in [0.25, 0.3) is 0 Å². The average Bonchev–Trinajstić information content (AvgIpc) is 2.95. The Hall–Kier alpha value is -1.64. The lowest BCUT2D eigenvalue weighted by Gasteiger charge is -2.04. The number of aliphatic hydroxyl groups is 1. The van der Waals surface area contributed by atoms with Crippen LogP contribution in [0.1, 0.15) is 17.0 Å². The quantitative estimate of drug-likeness (QED) is 0.724. The molecule has 0 unspecified atom stereocenters. The van der Waals surface area contributed by atoms with Gasteiger partial charge in [-0.1, -0.05) is 0 Å². The van der Waals surface area contributed by atoms with Crippen molar-refractivity contribution in [2.24, 2.45) is 0 Å². The van der Waals surface area contributed by atoms with Gasteiger partial charge in [0.05, 0.1) is 19.4 Å². The molecule has 0 aliphatic rings. The van der Waals surface area contributed by atoms with Crippen LogP contribution in [0.15, 0.2) is 27.8 Å². The molecule has 0 aliphatic carbocycles. The first-order valence-electron chi connectivity index (χ1n) is 5.21. The fraction of sp³-hybridized carbons (Fsp3) is 0.300. The number of rotatable bonds is 5. The van der Waals surface area contributed by atoms with Crippen molar-refractivity contribution >= 4 is 10.0 Å². The van der Waals surface area contributed by atoms with Gasteiger partial charge in [-0.15, -0.1) is 0 Å². The van der Waals surface area contributed by atoms with Crippen LogP contribution < -0.4 is 4.72 Å². The van der Waals surface area contributed by atoms with Gasteiger partial charge in [-0.3, -0.25) is 5.10 Å². The standard InChI is InChI=1S/C10H13N3O4S/c1-7-9(6-14)10(13-12-7)18(15,16)11-5-8-3-2-4-17-8/h2-4,11,14H,5-6H2,1H3,(H,12,13). The highest BCUT2D eigenvalue weighted by molar-refractivity contribution is 7.89. The molecule has 0 atom stereocenters. The Labute approximate surface area is 104 Å². The summed E-state index contributed by atoms with van der Waals surface area (Å²) < 4.78 is 31.3. The van der Waals surface area contributed by atoms with E-state index >= 15 is 0 Å². The Morgan fingerprint density at radius 3 is 2.94 bits per heavy atom. The van der Waals surface area contributed by atoms with E-state index in [1.54, 1.807) is 19.1 Å². The molecule has 3 N–H and O–H groups in total. The number of nitrogens with one attached hydrogen (secondary N) is 2. The summed E-state index contributed by atoms with van der Waals surface area (Å²) in [5.41, 5.74) is 0.790. The SMILES string of the molecule is Cc1[nH]nc(S(=O)(=O)NCc2ccco2)c1CO. The Morgan fingerprint density at radius 2 is 2.33 bits per heavy atom. The molecule has 0 bridgehead atoms. The molecule has 2 heterocycles. The molecule has 0 fully saturated rings. The molecule has 98 valence electrons. The lowest BCUT2D eigenvalue weighted by atomic mass is 10.3. The fourth-order valence-electron chi connectivity index (χ4n) is 1.49. The Balaban J connectivity index is 2.20. The van der Waals surface area contributed by atoms with E-state index < -0.39 is 10.0 Å². The van der Waals surface area contributed by atoms with E-state index in [-0.39, 0.29) is 23.7 Å². The van der Waals surface area contributed by atoms with Crippen molar-refractivity contribution in [1.82, 2.24) is 14.9 Å². The molecule has 0 amide bonds. The molecule has 0 spiro atoms. The highest BCUT2D eigenvalue weighted by Gasteiger charge is 2.23. The number of sulfonamides is 1. The van der Waals surface area contributed by atoms with Gasteiger partial charge in [0.15, 0.2) is 5.03 Å². The second-order valence-corrected chi connectivity index (χ2v) is 5.38. The maximum absolute atomic E-state index is 12.0. The summed E-state index contributed by atoms with van der Waals surface area (Å²) in [7, 11) is -3.77. The molecule has 7 nitrogen and oxygen atoms in total. The Bertz CT molecular complexity index is 616. The first-order valence-corrected chi connectivity index (χ1v) is 6.69. The number of aromatic nitrogens is 2. The predicted molar refractivity (Wildman–Crippen MR) is 62.0 cm³/mol. The molecule has 0 saturated carbocycles. The summed E-state index contributed by atoms with van der Waals surface area (Å²) in [4.78, 5) is 0. The molecule has 0 radical (unpaired) electrons. The van der Waals surface area contributed by atoms with E-state index in [0.29, 0.717) is 11.5 Å². The first-order chi connectivity index (χ1) is 8.54. The van der Waals surface area contributed by atoms with E-state index in [2.05, 4.69) is 14.9 Å². The number of furan rings is 1. The van der Waals surface area contributed by atoms with Gasteiger partial charge in [-0.25, -0.2) is 13.1 Å². The minimum Gasteiger partial charge on any atom is -0.468 e. The number of hydrogen-bond donors (Lipinski definition) is 3. The summed E-state index contributed by atoms with van der Waals surface area (Å²) in [6.45, 7) is 1.29. The van der Waals surface area contributed by atoms with Crippen molar-refractivity contribution in [2.45, 2.75) is 25.1 Å². The minimum absolute atomic E-state index is 0.0338. The van der Waals surface area contributed by atoms with Crippen molar-refractivity contribution in [3.63, 3.8) is 0 Å². The topological polar surface area (TPSA) is 108 Å². The van der Waals surface area contributed by atoms with Gasteiger partial charge < -0.3 is 9.52 Å². The van der Waals surface area contributed by atoms with Gasteiger partial charge in [-0.05, 0) is 19.1 Å². The third-order valence-electron chi connectivity index (χ3n) is 2.47. The average molecular weight is 271 g/mol. The molecule has 2 aromatic rings. The normalized spacial score (nSPS) is 11.9. The first kappa shape index (κ1) is 12.8. The maximum atomic E-state index is 12.0. The van der Waals surface area contributed by atoms with Crippen molar-refractivity contribution < 1.29 is 17.9 Å². The summed E-state index contributed by atoms with van der Waals surface area (Å²) in [5, 5.41) is 15.2. The van der Waals surface area contributed by atoms with Crippen LogP contribution in [0.4, 0.5) is 0 Å². The predicted octanol–water partition coefficient (Wildman–Crippen LogP) is 0.282. The van der Waals surface area contributed by atoms with Crippen molar-refractivity contribution in [3.8, 4) is 0 Å². The highest BCUT2D eigenvalue weighted by atomic mass is 32.2. The van der Waals surface area contributed by atoms with Crippen LogP contribution in [0.5, 0.6) is 0 Å². The molecule has 18 heavy (non-hydrogen) atoms. The smallest absolute Gasteiger partial charge is 0.260 e. The van der Waals surface area contributed by atoms with E-state index in [1.807, 2.05) is 0 Å². The molecular formula is C10H13N3O4S. The zero-order valence-corrected chi connectivity index (χ0v) is 10.5. The van der Waals surface area contributed by atoms with Gasteiger partial charge >= 0.3 is 0 Å². The monoisotopic (exact) mass is 271 g/mol. The van der Waals surface area contributed by atoms with Crippen molar-refractivity contribution in [1.29, 1.82) is 0 Å². The lowest BCUT2D eigenvalue weighted by molar-refractivity contribution is 0.277. The highest BCUT2D eigenvalue weighted by Crippen LogP contribution is 2.16. The molecule has 0 aliphatic heterocycles. The van der Waals surface area contributed by atoms with Gasteiger partial charge in [0, 0.05) is 11.3 Å². The van der Waals surface area contributed by atoms with Gasteiger partial charge in [0.2, 0.25) is 0 Å². The minimum atomic E-state index is -3.77. The summed E-state index contributed by atoms with van der Waals surface area (Å²) >= 11 is 0. The third-order valence-corrected chi connectivity index (χ3v) is 3.84. The number of aryl methyl sites for hydroxylation is 1. The second-order valence-electron chi connectivity index (χ2n) is 3.69. The number of hydrogen-bond acceptors (Lipinski definition) is 5. The number of nitrogens with zero attached hydrogens (tertiary/aromatic N) is 1. The van der Waals surface area contributed by atoms with E-state index in [0.717, 1.165) is 0 Å². The molecule has 8 heteroatoms. The zero-order valence-electron chi connectivity index (χ0n) is 9.67. The van der Waals surface area contributed by atoms with Crippen molar-refractivity contribution in [3.05, 3.63) is 35.4 Å². The van der Waals surface area contributed by atoms with Crippen LogP contribution >= 0.6 is 0 Å². The van der Waals surface area contributed by atoms with Gasteiger partial charge in [0.1, 0.15) is 5.76 Å². The van der Waals surface area contributed by atoms with E-state index in [9.17, 15) is 8.42 Å². The summed E-state index contributed by atoms with van der Waals surface area (Å²) in [6.07, 6.45) is 1.46. The molecular weight excluding hydrogens is 258 g/mol. The largest absolute Gasteiger partial charge is 0.468 e. The number of aliphatic hydroxyl groups excluding tert-OH is 1. The maximum Gasteiger partial charge on any atom is 0.260 e. The van der Waals surface area contributed by atoms with Crippen LogP contribution in [-0.2, 0) is 23.2 Å². The molecule has 2 aromatic heterocycles. The number of H-pyrrole nitrogens is 1. The number of aromatic amines is 1. The lowest BCUT2D eigenvalue weighted by Crippen LogP contribution is -2.24. The Kier molecular flexibility index (Phi) is 3.50. The van der Waals surface area contributed by atoms with Crippen LogP contribution in [-0.4, -0.2) is 23.7 Å². The molecule has 0 aromatic carbocycles. The summed E-state index contributed by atoms with van der Waals surface area (Å²) in [5.74, 6) is 0.497. The van der Waals surface area contributed by atoms with E-state index in [1.165, 1.54) is 6.26 Å². The van der Waals surface area contributed by atoms with Gasteiger partial charge in [-0.2, -0.15) is 5.10 Å². The van der Waals surface area contributed by atoms with Gasteiger partial charge in [0.25, 0.3) is 10.0 Å². The van der Waals surface area contributed by atoms with Crippen LogP contribution in [0.2, 0.25) is 0 Å². The summed E-state index contributed by atoms with van der Waals surface area (Å²) in [6, 6.07) is 3.33. The van der Waals surface area contributed by atoms with Crippen molar-refractivity contribution in [2.75, 3.05) is 0 Å². The second kappa shape index (κ2) is 4.92. The third kappa shape index (κ3) is 2.45.